The number of nitrogen functional groups attached to an aromatic ring is 1. The zero-order chi connectivity index (χ0) is 31.1. The Morgan fingerprint density at radius 2 is 1.29 bits per heavy atom. The first-order chi connectivity index (χ1) is 19.4. The molecule has 12 nitrogen and oxygen atoms in total. The fourth-order valence-electron chi connectivity index (χ4n) is 4.45. The molecule has 0 radical (unpaired) electrons. The number of hydrogen-bond donors (Lipinski definition) is 7. The molecule has 8 N–H and O–H groups in total. The Balaban J connectivity index is 0. The SMILES string of the molecule is Nc1ccn(C[C@@H]2O[C@H](CO)[C@@H](O)[C@H]2O)c(=O)n1.O=P(O)(O)O.[CH2-]CCCCCCCCCCCCCCCCC.[Na+]. The third-order valence-corrected chi connectivity index (χ3v) is 6.77. The number of nitrogens with zero attached hydrogens (tertiary/aromatic N) is 2. The molecular formula is C28H55N3NaO9P. The van der Waals surface area contributed by atoms with Crippen molar-refractivity contribution in [2.75, 3.05) is 12.3 Å². The number of nitrogens with two attached hydrogens (primary N) is 1. The molecule has 2 heterocycles. The van der Waals surface area contributed by atoms with Gasteiger partial charge in [0, 0.05) is 6.20 Å². The molecule has 0 bridgehead atoms. The maximum atomic E-state index is 11.5. The van der Waals surface area contributed by atoms with Crippen molar-refractivity contribution in [2.24, 2.45) is 0 Å². The Labute approximate surface area is 273 Å². The van der Waals surface area contributed by atoms with E-state index in [-0.39, 0.29) is 41.9 Å². The van der Waals surface area contributed by atoms with Crippen molar-refractivity contribution in [1.29, 1.82) is 0 Å². The number of aromatic nitrogens is 2. The molecule has 1 aliphatic rings. The minimum Gasteiger partial charge on any atom is -0.394 e. The number of ether oxygens (including phenoxy) is 1. The fourth-order valence-corrected chi connectivity index (χ4v) is 4.45. The van der Waals surface area contributed by atoms with E-state index >= 15 is 0 Å². The predicted octanol–water partition coefficient (Wildman–Crippen LogP) is 0.464. The van der Waals surface area contributed by atoms with Crippen LogP contribution in [0.4, 0.5) is 5.82 Å². The Kier molecular flexibility index (Phi) is 28.1. The van der Waals surface area contributed by atoms with Crippen LogP contribution in [0.1, 0.15) is 110 Å². The van der Waals surface area contributed by atoms with Crippen LogP contribution < -0.4 is 41.0 Å². The molecule has 0 aromatic carbocycles. The van der Waals surface area contributed by atoms with Crippen LogP contribution in [-0.2, 0) is 15.8 Å². The molecule has 2 rings (SSSR count). The normalized spacial score (nSPS) is 19.7. The summed E-state index contributed by atoms with van der Waals surface area (Å²) in [5.74, 6) is 0.109. The second kappa shape index (κ2) is 27.0. The van der Waals surface area contributed by atoms with Crippen molar-refractivity contribution >= 4 is 13.6 Å². The number of unbranched alkanes of at least 4 members (excludes halogenated alkanes) is 15. The standard InChI is InChI=1S/C18H37.C10H15N3O5.Na.H3O4P/c1-3-5-7-9-11-13-15-17-18-16-14-12-10-8-6-4-2;11-7-1-2-13(10(17)12-7)3-5-8(15)9(16)6(4-14)18-5;;1-5(2,3)4/h1,3-18H2,2H3;1-2,5-6,8-9,14-16H,3-4H2,(H2,11,12,17);;(H3,1,2,3,4)/q-1;;+1;/t;5-,6+,8-,9+;;/m.0../s1. The van der Waals surface area contributed by atoms with Gasteiger partial charge in [-0.25, -0.2) is 9.36 Å². The first-order valence-electron chi connectivity index (χ1n) is 15.0. The number of rotatable bonds is 18. The summed E-state index contributed by atoms with van der Waals surface area (Å²) in [7, 11) is -4.64. The minimum absolute atomic E-state index is 0. The van der Waals surface area contributed by atoms with Gasteiger partial charge in [-0.05, 0) is 6.07 Å². The van der Waals surface area contributed by atoms with E-state index in [1.54, 1.807) is 0 Å². The maximum Gasteiger partial charge on any atom is 1.00 e. The first kappa shape index (κ1) is 43.8. The van der Waals surface area contributed by atoms with E-state index in [2.05, 4.69) is 18.8 Å². The van der Waals surface area contributed by atoms with Crippen LogP contribution in [0.25, 0.3) is 0 Å². The molecule has 1 aromatic rings. The summed E-state index contributed by atoms with van der Waals surface area (Å²) in [4.78, 5) is 36.6. The van der Waals surface area contributed by atoms with Gasteiger partial charge in [0.15, 0.2) is 0 Å². The van der Waals surface area contributed by atoms with Crippen LogP contribution >= 0.6 is 7.82 Å². The van der Waals surface area contributed by atoms with E-state index in [0.717, 1.165) is 6.42 Å². The zero-order valence-corrected chi connectivity index (χ0v) is 28.6. The van der Waals surface area contributed by atoms with E-state index in [9.17, 15) is 15.0 Å². The van der Waals surface area contributed by atoms with Crippen LogP contribution in [0.15, 0.2) is 17.1 Å². The molecule has 1 aromatic heterocycles. The molecular weight excluding hydrogens is 576 g/mol. The summed E-state index contributed by atoms with van der Waals surface area (Å²) in [6, 6.07) is 1.45. The van der Waals surface area contributed by atoms with Gasteiger partial charge in [0.05, 0.1) is 13.2 Å². The molecule has 242 valence electrons. The molecule has 14 heteroatoms. The number of aliphatic hydroxyl groups is 3. The van der Waals surface area contributed by atoms with E-state index in [1.807, 2.05) is 0 Å². The van der Waals surface area contributed by atoms with Gasteiger partial charge in [0.1, 0.15) is 30.2 Å². The monoisotopic (exact) mass is 631 g/mol. The molecule has 1 fully saturated rings. The van der Waals surface area contributed by atoms with E-state index in [1.165, 1.54) is 113 Å². The molecule has 0 spiro atoms. The number of anilines is 1. The van der Waals surface area contributed by atoms with Crippen molar-refractivity contribution in [1.82, 2.24) is 9.55 Å². The Bertz CT molecular complexity index is 851. The molecule has 0 saturated carbocycles. The summed E-state index contributed by atoms with van der Waals surface area (Å²) in [6.45, 7) is 5.81. The first-order valence-corrected chi connectivity index (χ1v) is 16.5. The fraction of sp³-hybridized carbons (Fsp3) is 0.821. The third-order valence-electron chi connectivity index (χ3n) is 6.77. The topological polar surface area (TPSA) is 209 Å². The predicted molar refractivity (Wildman–Crippen MR) is 160 cm³/mol. The molecule has 0 amide bonds. The summed E-state index contributed by atoms with van der Waals surface area (Å²) in [5.41, 5.74) is 4.79. The largest absolute Gasteiger partial charge is 1.00 e. The van der Waals surface area contributed by atoms with Crippen molar-refractivity contribution in [3.63, 3.8) is 0 Å². The second-order valence-electron chi connectivity index (χ2n) is 10.5. The van der Waals surface area contributed by atoms with Crippen molar-refractivity contribution < 1.29 is 68.9 Å². The van der Waals surface area contributed by atoms with Gasteiger partial charge in [-0.1, -0.05) is 103 Å². The van der Waals surface area contributed by atoms with E-state index in [0.29, 0.717) is 0 Å². The van der Waals surface area contributed by atoms with E-state index < -0.39 is 44.5 Å². The van der Waals surface area contributed by atoms with Crippen LogP contribution in [-0.4, -0.2) is 70.6 Å². The Morgan fingerprint density at radius 1 is 0.881 bits per heavy atom. The zero-order valence-electron chi connectivity index (χ0n) is 25.7. The van der Waals surface area contributed by atoms with Gasteiger partial charge in [0.2, 0.25) is 0 Å². The summed E-state index contributed by atoms with van der Waals surface area (Å²) < 4.78 is 15.4. The van der Waals surface area contributed by atoms with Crippen LogP contribution in [0.2, 0.25) is 0 Å². The maximum absolute atomic E-state index is 11.5. The number of hydrogen-bond acceptors (Lipinski definition) is 8. The van der Waals surface area contributed by atoms with Gasteiger partial charge < -0.3 is 47.4 Å². The quantitative estimate of drug-likeness (QED) is 0.0512. The molecule has 1 aliphatic heterocycles. The smallest absolute Gasteiger partial charge is 0.394 e. The average Bonchev–Trinajstić information content (AvgIpc) is 3.18. The molecule has 1 saturated heterocycles. The third kappa shape index (κ3) is 24.0. The average molecular weight is 632 g/mol. The summed E-state index contributed by atoms with van der Waals surface area (Å²) in [5, 5.41) is 28.2. The van der Waals surface area contributed by atoms with Crippen molar-refractivity contribution in [2.45, 2.75) is 141 Å². The Hall–Kier alpha value is -0.370. The van der Waals surface area contributed by atoms with Gasteiger partial charge in [-0.3, -0.25) is 4.57 Å². The second-order valence-corrected chi connectivity index (χ2v) is 11.5. The van der Waals surface area contributed by atoms with Crippen molar-refractivity contribution in [3.8, 4) is 0 Å². The number of aliphatic hydroxyl groups excluding tert-OH is 3. The van der Waals surface area contributed by atoms with E-state index in [4.69, 9.17) is 34.8 Å². The molecule has 42 heavy (non-hydrogen) atoms. The van der Waals surface area contributed by atoms with Gasteiger partial charge >= 0.3 is 43.1 Å². The van der Waals surface area contributed by atoms with Crippen LogP contribution in [0.3, 0.4) is 0 Å². The molecule has 0 aliphatic carbocycles. The molecule has 0 unspecified atom stereocenters. The number of phosphoric acid groups is 1. The van der Waals surface area contributed by atoms with Crippen LogP contribution in [0, 0.1) is 6.92 Å². The van der Waals surface area contributed by atoms with Crippen LogP contribution in [0.5, 0.6) is 0 Å². The van der Waals surface area contributed by atoms with Crippen molar-refractivity contribution in [3.05, 3.63) is 29.7 Å². The van der Waals surface area contributed by atoms with Gasteiger partial charge in [-0.15, -0.1) is 0 Å². The summed E-state index contributed by atoms with van der Waals surface area (Å²) >= 11 is 0. The Morgan fingerprint density at radius 3 is 1.64 bits per heavy atom. The summed E-state index contributed by atoms with van der Waals surface area (Å²) in [6.07, 6.45) is 20.3. The molecule has 4 atom stereocenters. The minimum atomic E-state index is -4.64. The van der Waals surface area contributed by atoms with Gasteiger partial charge in [-0.2, -0.15) is 11.4 Å². The van der Waals surface area contributed by atoms with Gasteiger partial charge in [0.25, 0.3) is 0 Å².